The van der Waals surface area contributed by atoms with Crippen LogP contribution in [-0.4, -0.2) is 31.9 Å². The first-order valence-corrected chi connectivity index (χ1v) is 7.87. The summed E-state index contributed by atoms with van der Waals surface area (Å²) in [4.78, 5) is 47.3. The van der Waals surface area contributed by atoms with Gasteiger partial charge in [0.25, 0.3) is 5.56 Å². The second kappa shape index (κ2) is 6.93. The lowest BCUT2D eigenvalue weighted by Gasteiger charge is -2.20. The number of halogens is 1. The molecular weight excluding hydrogens is 360 g/mol. The van der Waals surface area contributed by atoms with Gasteiger partial charge >= 0.3 is 5.97 Å². The smallest absolute Gasteiger partial charge is 0.341 e. The summed E-state index contributed by atoms with van der Waals surface area (Å²) in [5, 5.41) is 9.91. The summed E-state index contributed by atoms with van der Waals surface area (Å²) in [6, 6.07) is 4.40. The molecule has 0 atom stereocenters. The van der Waals surface area contributed by atoms with Gasteiger partial charge in [-0.15, -0.1) is 0 Å². The first-order valence-electron chi connectivity index (χ1n) is 7.49. The van der Waals surface area contributed by atoms with Crippen LogP contribution in [0, 0.1) is 0 Å². The average Bonchev–Trinajstić information content (AvgIpc) is 2.59. The highest BCUT2D eigenvalue weighted by atomic mass is 35.5. The van der Waals surface area contributed by atoms with Crippen LogP contribution in [0.4, 0.5) is 5.82 Å². The molecule has 9 heteroatoms. The van der Waals surface area contributed by atoms with Crippen LogP contribution in [0.5, 0.6) is 0 Å². The number of carbonyl (C=O) groups is 2. The minimum Gasteiger partial charge on any atom is -0.477 e. The molecule has 8 nitrogen and oxygen atoms in total. The van der Waals surface area contributed by atoms with Gasteiger partial charge in [0.2, 0.25) is 5.91 Å². The number of pyridine rings is 1. The van der Waals surface area contributed by atoms with Gasteiger partial charge in [-0.2, -0.15) is 0 Å². The number of nitrogens with zero attached hydrogens (tertiary/aromatic N) is 3. The maximum Gasteiger partial charge on any atom is 0.341 e. The number of rotatable bonds is 4. The van der Waals surface area contributed by atoms with Crippen molar-refractivity contribution in [1.82, 2.24) is 15.0 Å². The molecule has 0 saturated carbocycles. The highest BCUT2D eigenvalue weighted by Gasteiger charge is 2.18. The first kappa shape index (κ1) is 17.6. The number of amides is 1. The molecule has 3 rings (SSSR count). The molecule has 0 fully saturated rings. The van der Waals surface area contributed by atoms with E-state index in [-0.39, 0.29) is 18.0 Å². The van der Waals surface area contributed by atoms with Crippen LogP contribution in [0.25, 0.3) is 10.9 Å². The number of aromatic amines is 1. The number of nitrogens with one attached hydrogen (secondary N) is 1. The fraction of sp³-hybridized carbons (Fsp3) is 0.118. The van der Waals surface area contributed by atoms with Crippen molar-refractivity contribution >= 4 is 40.2 Å². The minimum atomic E-state index is -1.33. The number of hydrogen-bond donors (Lipinski definition) is 2. The molecule has 0 spiro atoms. The lowest BCUT2D eigenvalue weighted by atomic mass is 10.1. The summed E-state index contributed by atoms with van der Waals surface area (Å²) < 4.78 is 0. The number of H-pyrrole nitrogens is 1. The molecule has 2 heterocycles. The molecule has 0 aliphatic heterocycles. The predicted octanol–water partition coefficient (Wildman–Crippen LogP) is 2.22. The zero-order valence-electron chi connectivity index (χ0n) is 13.6. The molecule has 2 aromatic heterocycles. The van der Waals surface area contributed by atoms with Gasteiger partial charge in [0.1, 0.15) is 5.56 Å². The number of carboxylic acids is 1. The maximum absolute atomic E-state index is 12.1. The van der Waals surface area contributed by atoms with Gasteiger partial charge in [0.15, 0.2) is 5.82 Å². The predicted molar refractivity (Wildman–Crippen MR) is 95.4 cm³/mol. The fourth-order valence-corrected chi connectivity index (χ4v) is 2.84. The van der Waals surface area contributed by atoms with Crippen molar-refractivity contribution in [2.24, 2.45) is 0 Å². The molecule has 0 radical (unpaired) electrons. The summed E-state index contributed by atoms with van der Waals surface area (Å²) in [5.74, 6) is -1.26. The van der Waals surface area contributed by atoms with Gasteiger partial charge in [0.05, 0.1) is 18.3 Å². The molecule has 1 amide bonds. The second-order valence-electron chi connectivity index (χ2n) is 5.52. The molecule has 0 unspecified atom stereocenters. The van der Waals surface area contributed by atoms with Crippen LogP contribution >= 0.6 is 11.6 Å². The molecule has 132 valence electrons. The first-order chi connectivity index (χ1) is 12.4. The molecule has 0 aliphatic rings. The summed E-state index contributed by atoms with van der Waals surface area (Å²) in [7, 11) is 0. The molecule has 2 N–H and O–H groups in total. The van der Waals surface area contributed by atoms with E-state index in [1.54, 1.807) is 12.1 Å². The second-order valence-corrected chi connectivity index (χ2v) is 5.95. The van der Waals surface area contributed by atoms with E-state index in [9.17, 15) is 14.4 Å². The Hall–Kier alpha value is -3.26. The van der Waals surface area contributed by atoms with Crippen molar-refractivity contribution in [3.8, 4) is 0 Å². The van der Waals surface area contributed by atoms with Gasteiger partial charge in [-0.05, 0) is 23.8 Å². The maximum atomic E-state index is 12.1. The summed E-state index contributed by atoms with van der Waals surface area (Å²) >= 11 is 6.13. The van der Waals surface area contributed by atoms with Gasteiger partial charge in [-0.1, -0.05) is 11.6 Å². The quantitative estimate of drug-likeness (QED) is 0.725. The van der Waals surface area contributed by atoms with Gasteiger partial charge < -0.3 is 10.1 Å². The fourth-order valence-electron chi connectivity index (χ4n) is 2.59. The van der Waals surface area contributed by atoms with Gasteiger partial charge in [0, 0.05) is 29.7 Å². The Morgan fingerprint density at radius 1 is 1.27 bits per heavy atom. The molecule has 1 aromatic carbocycles. The van der Waals surface area contributed by atoms with E-state index in [4.69, 9.17) is 16.7 Å². The number of aromatic nitrogens is 3. The molecule has 26 heavy (non-hydrogen) atoms. The molecule has 0 bridgehead atoms. The SMILES string of the molecule is CC(=O)N(Cc1cc(Cl)cc2cc(C(=O)O)c(=O)[nH]c12)c1cnccn1. The van der Waals surface area contributed by atoms with Gasteiger partial charge in [-0.3, -0.25) is 19.5 Å². The highest BCUT2D eigenvalue weighted by molar-refractivity contribution is 6.31. The van der Waals surface area contributed by atoms with Crippen molar-refractivity contribution in [3.05, 3.63) is 63.3 Å². The third-order valence-electron chi connectivity index (χ3n) is 3.76. The van der Waals surface area contributed by atoms with Crippen LogP contribution in [0.3, 0.4) is 0 Å². The van der Waals surface area contributed by atoms with Crippen LogP contribution < -0.4 is 10.5 Å². The normalized spacial score (nSPS) is 10.7. The molecule has 3 aromatic rings. The Morgan fingerprint density at radius 2 is 2.04 bits per heavy atom. The lowest BCUT2D eigenvalue weighted by molar-refractivity contribution is -0.116. The van der Waals surface area contributed by atoms with Crippen molar-refractivity contribution in [1.29, 1.82) is 0 Å². The Balaban J connectivity index is 2.15. The summed E-state index contributed by atoms with van der Waals surface area (Å²) in [5.41, 5.74) is -0.174. The largest absolute Gasteiger partial charge is 0.477 e. The number of benzene rings is 1. The van der Waals surface area contributed by atoms with Crippen LogP contribution in [0.1, 0.15) is 22.8 Å². The Labute approximate surface area is 152 Å². The summed E-state index contributed by atoms with van der Waals surface area (Å²) in [6.07, 6.45) is 4.39. The number of aromatic carboxylic acids is 1. The third-order valence-corrected chi connectivity index (χ3v) is 3.98. The van der Waals surface area contributed by atoms with Gasteiger partial charge in [-0.25, -0.2) is 9.78 Å². The average molecular weight is 373 g/mol. The van der Waals surface area contributed by atoms with E-state index >= 15 is 0 Å². The lowest BCUT2D eigenvalue weighted by Crippen LogP contribution is -2.29. The van der Waals surface area contributed by atoms with E-state index in [0.29, 0.717) is 27.3 Å². The number of hydrogen-bond acceptors (Lipinski definition) is 5. The number of anilines is 1. The van der Waals surface area contributed by atoms with Crippen molar-refractivity contribution in [2.75, 3.05) is 4.90 Å². The third kappa shape index (κ3) is 3.40. The summed E-state index contributed by atoms with van der Waals surface area (Å²) in [6.45, 7) is 1.46. The Morgan fingerprint density at radius 3 is 2.65 bits per heavy atom. The zero-order valence-corrected chi connectivity index (χ0v) is 14.3. The zero-order chi connectivity index (χ0) is 18.8. The van der Waals surface area contributed by atoms with Crippen molar-refractivity contribution in [3.63, 3.8) is 0 Å². The Bertz CT molecular complexity index is 1070. The van der Waals surface area contributed by atoms with E-state index < -0.39 is 11.5 Å². The monoisotopic (exact) mass is 372 g/mol. The number of fused-ring (bicyclic) bond motifs is 1. The van der Waals surface area contributed by atoms with E-state index in [1.165, 1.54) is 36.5 Å². The Kier molecular flexibility index (Phi) is 4.68. The molecular formula is C17H13ClN4O4. The van der Waals surface area contributed by atoms with Crippen LogP contribution in [0.2, 0.25) is 5.02 Å². The molecule has 0 aliphatic carbocycles. The van der Waals surface area contributed by atoms with Crippen LogP contribution in [-0.2, 0) is 11.3 Å². The standard InChI is InChI=1S/C17H13ClN4O4/c1-9(23)22(14-7-19-2-3-20-14)8-11-5-12(18)4-10-6-13(17(25)26)16(24)21-15(10)11/h2-7H,8H2,1H3,(H,21,24)(H,25,26). The van der Waals surface area contributed by atoms with E-state index in [0.717, 1.165) is 0 Å². The van der Waals surface area contributed by atoms with E-state index in [1.807, 2.05) is 0 Å². The number of carbonyl (C=O) groups excluding carboxylic acids is 1. The van der Waals surface area contributed by atoms with E-state index in [2.05, 4.69) is 15.0 Å². The topological polar surface area (TPSA) is 116 Å². The number of carboxylic acid groups (broad SMARTS) is 1. The highest BCUT2D eigenvalue weighted by Crippen LogP contribution is 2.25. The molecule has 0 saturated heterocycles. The van der Waals surface area contributed by atoms with Crippen molar-refractivity contribution < 1.29 is 14.7 Å². The van der Waals surface area contributed by atoms with Crippen molar-refractivity contribution in [2.45, 2.75) is 13.5 Å². The minimum absolute atomic E-state index is 0.0768. The van der Waals surface area contributed by atoms with Crippen LogP contribution in [0.15, 0.2) is 41.6 Å².